The summed E-state index contributed by atoms with van der Waals surface area (Å²) in [4.78, 5) is 0. The standard InChI is InChI=1S/C18H34/c1-5-6-7-8-9-10-11-12-13-14-15-16-17-18(2,3)4/h9-10,13-14H,5-8,11-12,15-17H2,1-4H3/b10-9+,14-13+. The van der Waals surface area contributed by atoms with Crippen molar-refractivity contribution in [3.63, 3.8) is 0 Å². The highest BCUT2D eigenvalue weighted by Crippen LogP contribution is 2.21. The monoisotopic (exact) mass is 250 g/mol. The van der Waals surface area contributed by atoms with Gasteiger partial charge in [-0.15, -0.1) is 0 Å². The van der Waals surface area contributed by atoms with E-state index in [0.717, 1.165) is 0 Å². The summed E-state index contributed by atoms with van der Waals surface area (Å²) in [5.74, 6) is 0. The second kappa shape index (κ2) is 11.6. The molecule has 0 heteroatoms. The SMILES string of the molecule is CCCCC/C=C/CC/C=C/CCCC(C)(C)C. The molecule has 0 aliphatic carbocycles. The molecule has 0 aromatic carbocycles. The molecule has 0 aliphatic heterocycles. The van der Waals surface area contributed by atoms with Gasteiger partial charge in [0.2, 0.25) is 0 Å². The highest BCUT2D eigenvalue weighted by molar-refractivity contribution is 4.88. The molecule has 0 saturated heterocycles. The van der Waals surface area contributed by atoms with E-state index < -0.39 is 0 Å². The Hall–Kier alpha value is -0.520. The molecule has 0 heterocycles. The summed E-state index contributed by atoms with van der Waals surface area (Å²) in [6, 6.07) is 0. The van der Waals surface area contributed by atoms with Gasteiger partial charge in [-0.3, -0.25) is 0 Å². The summed E-state index contributed by atoms with van der Waals surface area (Å²) < 4.78 is 0. The Morgan fingerprint density at radius 1 is 0.667 bits per heavy atom. The van der Waals surface area contributed by atoms with E-state index >= 15 is 0 Å². The first-order valence-corrected chi connectivity index (χ1v) is 7.86. The Bertz CT molecular complexity index is 215. The van der Waals surface area contributed by atoms with Gasteiger partial charge in [-0.25, -0.2) is 0 Å². The van der Waals surface area contributed by atoms with E-state index in [2.05, 4.69) is 52.0 Å². The minimum atomic E-state index is 0.495. The Kier molecular flexibility index (Phi) is 11.2. The van der Waals surface area contributed by atoms with Gasteiger partial charge in [0, 0.05) is 0 Å². The zero-order valence-corrected chi connectivity index (χ0v) is 13.2. The highest BCUT2D eigenvalue weighted by Gasteiger charge is 2.07. The molecule has 0 N–H and O–H groups in total. The van der Waals surface area contributed by atoms with Gasteiger partial charge in [-0.05, 0) is 50.4 Å². The van der Waals surface area contributed by atoms with Crippen LogP contribution in [-0.4, -0.2) is 0 Å². The largest absolute Gasteiger partial charge is 0.0885 e. The Morgan fingerprint density at radius 2 is 1.17 bits per heavy atom. The van der Waals surface area contributed by atoms with E-state index in [1.165, 1.54) is 57.8 Å². The molecule has 0 rings (SSSR count). The topological polar surface area (TPSA) is 0 Å². The lowest BCUT2D eigenvalue weighted by Crippen LogP contribution is -2.03. The first-order chi connectivity index (χ1) is 8.56. The molecule has 106 valence electrons. The van der Waals surface area contributed by atoms with Crippen LogP contribution in [0.3, 0.4) is 0 Å². The van der Waals surface area contributed by atoms with Crippen molar-refractivity contribution < 1.29 is 0 Å². The summed E-state index contributed by atoms with van der Waals surface area (Å²) in [5, 5.41) is 0. The van der Waals surface area contributed by atoms with Gasteiger partial charge >= 0.3 is 0 Å². The van der Waals surface area contributed by atoms with Gasteiger partial charge in [0.1, 0.15) is 0 Å². The molecular weight excluding hydrogens is 216 g/mol. The number of unbranched alkanes of at least 4 members (excludes halogenated alkanes) is 5. The van der Waals surface area contributed by atoms with E-state index in [0.29, 0.717) is 5.41 Å². The van der Waals surface area contributed by atoms with Gasteiger partial charge < -0.3 is 0 Å². The Balaban J connectivity index is 3.28. The summed E-state index contributed by atoms with van der Waals surface area (Å²) >= 11 is 0. The Morgan fingerprint density at radius 3 is 1.67 bits per heavy atom. The number of hydrogen-bond acceptors (Lipinski definition) is 0. The summed E-state index contributed by atoms with van der Waals surface area (Å²) in [6.45, 7) is 9.22. The molecule has 0 aromatic rings. The first-order valence-electron chi connectivity index (χ1n) is 7.86. The van der Waals surface area contributed by atoms with Crippen LogP contribution in [0, 0.1) is 5.41 Å². The van der Waals surface area contributed by atoms with Crippen molar-refractivity contribution in [2.24, 2.45) is 5.41 Å². The zero-order chi connectivity index (χ0) is 13.7. The third-order valence-corrected chi connectivity index (χ3v) is 3.11. The highest BCUT2D eigenvalue weighted by atomic mass is 14.1. The molecule has 0 radical (unpaired) electrons. The molecule has 0 aromatic heterocycles. The molecule has 0 spiro atoms. The van der Waals surface area contributed by atoms with E-state index in [4.69, 9.17) is 0 Å². The van der Waals surface area contributed by atoms with Crippen molar-refractivity contribution in [3.8, 4) is 0 Å². The second-order valence-corrected chi connectivity index (χ2v) is 6.47. The van der Waals surface area contributed by atoms with E-state index in [1.807, 2.05) is 0 Å². The molecule has 18 heavy (non-hydrogen) atoms. The van der Waals surface area contributed by atoms with E-state index in [-0.39, 0.29) is 0 Å². The number of allylic oxidation sites excluding steroid dienone is 4. The molecular formula is C18H34. The van der Waals surface area contributed by atoms with Crippen molar-refractivity contribution in [1.29, 1.82) is 0 Å². The number of rotatable bonds is 10. The van der Waals surface area contributed by atoms with Gasteiger partial charge in [-0.2, -0.15) is 0 Å². The van der Waals surface area contributed by atoms with Crippen LogP contribution < -0.4 is 0 Å². The Labute approximate surface area is 116 Å². The second-order valence-electron chi connectivity index (χ2n) is 6.47. The zero-order valence-electron chi connectivity index (χ0n) is 13.2. The molecule has 0 bridgehead atoms. The molecule has 0 nitrogen and oxygen atoms in total. The molecule has 0 amide bonds. The van der Waals surface area contributed by atoms with Crippen LogP contribution in [0.1, 0.15) is 85.5 Å². The molecule has 0 aliphatic rings. The predicted molar refractivity (Wildman–Crippen MR) is 85.0 cm³/mol. The minimum Gasteiger partial charge on any atom is -0.0885 e. The molecule has 0 unspecified atom stereocenters. The van der Waals surface area contributed by atoms with Crippen LogP contribution in [-0.2, 0) is 0 Å². The summed E-state index contributed by atoms with van der Waals surface area (Å²) in [5.41, 5.74) is 0.495. The average Bonchev–Trinajstić information content (AvgIpc) is 2.29. The van der Waals surface area contributed by atoms with Crippen LogP contribution in [0.5, 0.6) is 0 Å². The summed E-state index contributed by atoms with van der Waals surface area (Å²) in [7, 11) is 0. The maximum absolute atomic E-state index is 2.36. The normalized spacial score (nSPS) is 12.9. The van der Waals surface area contributed by atoms with Crippen molar-refractivity contribution in [2.45, 2.75) is 85.5 Å². The fourth-order valence-corrected chi connectivity index (χ4v) is 1.93. The smallest absolute Gasteiger partial charge is 0.0316 e. The third-order valence-electron chi connectivity index (χ3n) is 3.11. The van der Waals surface area contributed by atoms with Crippen LogP contribution >= 0.6 is 0 Å². The van der Waals surface area contributed by atoms with Gasteiger partial charge in [0.25, 0.3) is 0 Å². The van der Waals surface area contributed by atoms with Gasteiger partial charge in [0.05, 0.1) is 0 Å². The summed E-state index contributed by atoms with van der Waals surface area (Å²) in [6.07, 6.45) is 21.0. The fourth-order valence-electron chi connectivity index (χ4n) is 1.93. The average molecular weight is 250 g/mol. The van der Waals surface area contributed by atoms with E-state index in [9.17, 15) is 0 Å². The minimum absolute atomic E-state index is 0.495. The van der Waals surface area contributed by atoms with Crippen molar-refractivity contribution >= 4 is 0 Å². The van der Waals surface area contributed by atoms with Crippen molar-refractivity contribution in [1.82, 2.24) is 0 Å². The first kappa shape index (κ1) is 17.5. The van der Waals surface area contributed by atoms with Crippen molar-refractivity contribution in [3.05, 3.63) is 24.3 Å². The molecule has 0 fully saturated rings. The third kappa shape index (κ3) is 15.5. The lowest BCUT2D eigenvalue weighted by atomic mass is 9.90. The maximum atomic E-state index is 2.36. The van der Waals surface area contributed by atoms with Gasteiger partial charge in [0.15, 0.2) is 0 Å². The number of hydrogen-bond donors (Lipinski definition) is 0. The van der Waals surface area contributed by atoms with Crippen LogP contribution in [0.2, 0.25) is 0 Å². The quantitative estimate of drug-likeness (QED) is 0.300. The molecule has 0 atom stereocenters. The van der Waals surface area contributed by atoms with Crippen LogP contribution in [0.15, 0.2) is 24.3 Å². The lowest BCUT2D eigenvalue weighted by molar-refractivity contribution is 0.367. The molecule has 0 saturated carbocycles. The van der Waals surface area contributed by atoms with E-state index in [1.54, 1.807) is 0 Å². The maximum Gasteiger partial charge on any atom is -0.0316 e. The van der Waals surface area contributed by atoms with Gasteiger partial charge in [-0.1, -0.05) is 64.8 Å². The predicted octanol–water partition coefficient (Wildman–Crippen LogP) is 6.68. The fraction of sp³-hybridized carbons (Fsp3) is 0.778. The van der Waals surface area contributed by atoms with Crippen molar-refractivity contribution in [2.75, 3.05) is 0 Å². The lowest BCUT2D eigenvalue weighted by Gasteiger charge is -2.16. The van der Waals surface area contributed by atoms with Crippen LogP contribution in [0.25, 0.3) is 0 Å². The van der Waals surface area contributed by atoms with Crippen LogP contribution in [0.4, 0.5) is 0 Å².